The van der Waals surface area contributed by atoms with Crippen LogP contribution in [0.25, 0.3) is 11.1 Å². The van der Waals surface area contributed by atoms with Crippen molar-refractivity contribution in [3.8, 4) is 16.9 Å². The van der Waals surface area contributed by atoms with E-state index >= 15 is 0 Å². The molecule has 4 rings (SSSR count). The molecule has 3 aromatic carbocycles. The molecule has 34 heavy (non-hydrogen) atoms. The van der Waals surface area contributed by atoms with Crippen molar-refractivity contribution in [2.45, 2.75) is 19.3 Å². The second-order valence-corrected chi connectivity index (χ2v) is 7.60. The van der Waals surface area contributed by atoms with Gasteiger partial charge in [0.25, 0.3) is 0 Å². The summed E-state index contributed by atoms with van der Waals surface area (Å²) >= 11 is 0. The van der Waals surface area contributed by atoms with Crippen LogP contribution in [0.4, 0.5) is 22.0 Å². The monoisotopic (exact) mass is 476 g/mol. The molecule has 1 heterocycles. The first-order valence-corrected chi connectivity index (χ1v) is 10.6. The first kappa shape index (κ1) is 23.7. The van der Waals surface area contributed by atoms with Gasteiger partial charge in [0.05, 0.1) is 11.6 Å². The van der Waals surface area contributed by atoms with Gasteiger partial charge >= 0.3 is 6.36 Å². The smallest absolute Gasteiger partial charge is 0.406 e. The van der Waals surface area contributed by atoms with Gasteiger partial charge in [-0.2, -0.15) is 0 Å². The molecule has 1 unspecified atom stereocenters. The summed E-state index contributed by atoms with van der Waals surface area (Å²) in [5, 5.41) is 0. The van der Waals surface area contributed by atoms with E-state index in [9.17, 15) is 22.0 Å². The van der Waals surface area contributed by atoms with Crippen LogP contribution in [-0.4, -0.2) is 37.0 Å². The fraction of sp³-hybridized carbons (Fsp3) is 0.240. The zero-order valence-corrected chi connectivity index (χ0v) is 18.2. The molecule has 0 fully saturated rings. The first-order chi connectivity index (χ1) is 16.2. The molecule has 1 aliphatic rings. The lowest BCUT2D eigenvalue weighted by Crippen LogP contribution is -2.32. The highest BCUT2D eigenvalue weighted by Crippen LogP contribution is 2.31. The number of hydrogen-bond acceptors (Lipinski definition) is 4. The highest BCUT2D eigenvalue weighted by atomic mass is 19.4. The standard InChI is InChI=1S/C25H21F5N2O2/c1-2-33-15-32-14-22(31-24(32)23-20(26)4-3-5-21(23)27)18-8-6-16(7-9-18)17-10-12-19(13-11-17)34-25(28,29)30/h3-13,22H,2,14-15H2,1H3. The molecule has 1 aliphatic heterocycles. The quantitative estimate of drug-likeness (QED) is 0.374. The van der Waals surface area contributed by atoms with Crippen molar-refractivity contribution in [2.75, 3.05) is 19.9 Å². The van der Waals surface area contributed by atoms with Crippen molar-refractivity contribution in [1.29, 1.82) is 0 Å². The van der Waals surface area contributed by atoms with Crippen LogP contribution in [0.3, 0.4) is 0 Å². The van der Waals surface area contributed by atoms with Gasteiger partial charge in [0.1, 0.15) is 30.0 Å². The molecular formula is C25H21F5N2O2. The van der Waals surface area contributed by atoms with Crippen molar-refractivity contribution in [3.63, 3.8) is 0 Å². The molecule has 3 aromatic rings. The third-order valence-electron chi connectivity index (χ3n) is 5.33. The van der Waals surface area contributed by atoms with Gasteiger partial charge in [0, 0.05) is 13.2 Å². The van der Waals surface area contributed by atoms with Crippen molar-refractivity contribution in [1.82, 2.24) is 4.90 Å². The van der Waals surface area contributed by atoms with Gasteiger partial charge in [-0.3, -0.25) is 4.99 Å². The number of amidine groups is 1. The lowest BCUT2D eigenvalue weighted by molar-refractivity contribution is -0.274. The van der Waals surface area contributed by atoms with Gasteiger partial charge in [-0.1, -0.05) is 42.5 Å². The summed E-state index contributed by atoms with van der Waals surface area (Å²) in [5.74, 6) is -1.50. The number of benzene rings is 3. The third-order valence-corrected chi connectivity index (χ3v) is 5.33. The highest BCUT2D eigenvalue weighted by Gasteiger charge is 2.32. The molecule has 0 spiro atoms. The summed E-state index contributed by atoms with van der Waals surface area (Å²) in [4.78, 5) is 6.29. The summed E-state index contributed by atoms with van der Waals surface area (Å²) in [6.45, 7) is 2.79. The molecule has 0 aliphatic carbocycles. The Labute approximate surface area is 193 Å². The van der Waals surface area contributed by atoms with Crippen LogP contribution in [0.5, 0.6) is 5.75 Å². The summed E-state index contributed by atoms with van der Waals surface area (Å²) in [6, 6.07) is 16.2. The zero-order chi connectivity index (χ0) is 24.3. The molecule has 0 saturated carbocycles. The fourth-order valence-electron chi connectivity index (χ4n) is 3.74. The minimum atomic E-state index is -4.74. The fourth-order valence-corrected chi connectivity index (χ4v) is 3.74. The van der Waals surface area contributed by atoms with Crippen molar-refractivity contribution in [2.24, 2.45) is 4.99 Å². The SMILES string of the molecule is CCOCN1CC(c2ccc(-c3ccc(OC(F)(F)F)cc3)cc2)N=C1c1c(F)cccc1F. The van der Waals surface area contributed by atoms with E-state index in [1.807, 2.05) is 31.2 Å². The van der Waals surface area contributed by atoms with Gasteiger partial charge in [0.15, 0.2) is 0 Å². The lowest BCUT2D eigenvalue weighted by Gasteiger charge is -2.21. The van der Waals surface area contributed by atoms with Gasteiger partial charge < -0.3 is 14.4 Å². The normalized spacial score (nSPS) is 16.0. The molecule has 178 valence electrons. The van der Waals surface area contributed by atoms with E-state index in [0.29, 0.717) is 18.7 Å². The summed E-state index contributed by atoms with van der Waals surface area (Å²) in [5.41, 5.74) is 2.13. The van der Waals surface area contributed by atoms with E-state index in [1.54, 1.807) is 4.90 Å². The van der Waals surface area contributed by atoms with Crippen LogP contribution in [0.2, 0.25) is 0 Å². The largest absolute Gasteiger partial charge is 0.573 e. The highest BCUT2D eigenvalue weighted by molar-refractivity contribution is 6.00. The maximum atomic E-state index is 14.4. The van der Waals surface area contributed by atoms with Gasteiger partial charge in [-0.25, -0.2) is 8.78 Å². The Morgan fingerprint density at radius 3 is 2.06 bits per heavy atom. The molecule has 9 heteroatoms. The molecule has 0 saturated heterocycles. The molecule has 4 nitrogen and oxygen atoms in total. The average molecular weight is 476 g/mol. The second-order valence-electron chi connectivity index (χ2n) is 7.60. The van der Waals surface area contributed by atoms with Gasteiger partial charge in [-0.15, -0.1) is 13.2 Å². The van der Waals surface area contributed by atoms with Crippen LogP contribution < -0.4 is 4.74 Å². The Bertz CT molecular complexity index is 1140. The van der Waals surface area contributed by atoms with Crippen LogP contribution in [0, 0.1) is 11.6 Å². The Kier molecular flexibility index (Phi) is 6.83. The number of nitrogens with zero attached hydrogens (tertiary/aromatic N) is 2. The molecular weight excluding hydrogens is 455 g/mol. The molecule has 0 bridgehead atoms. The van der Waals surface area contributed by atoms with Crippen LogP contribution >= 0.6 is 0 Å². The molecule has 0 amide bonds. The number of halogens is 5. The predicted octanol–water partition coefficient (Wildman–Crippen LogP) is 6.33. The summed E-state index contributed by atoms with van der Waals surface area (Å²) in [6.07, 6.45) is -4.74. The predicted molar refractivity (Wildman–Crippen MR) is 117 cm³/mol. The Morgan fingerprint density at radius 2 is 1.50 bits per heavy atom. The maximum Gasteiger partial charge on any atom is 0.573 e. The van der Waals surface area contributed by atoms with Crippen LogP contribution in [-0.2, 0) is 4.74 Å². The Morgan fingerprint density at radius 1 is 0.912 bits per heavy atom. The van der Waals surface area contributed by atoms with E-state index in [1.165, 1.54) is 42.5 Å². The van der Waals surface area contributed by atoms with Gasteiger partial charge in [0.2, 0.25) is 0 Å². The van der Waals surface area contributed by atoms with E-state index in [2.05, 4.69) is 9.73 Å². The lowest BCUT2D eigenvalue weighted by atomic mass is 10.0. The van der Waals surface area contributed by atoms with Crippen molar-refractivity contribution >= 4 is 5.84 Å². The molecule has 1 atom stereocenters. The minimum Gasteiger partial charge on any atom is -0.406 e. The van der Waals surface area contributed by atoms with Crippen molar-refractivity contribution < 1.29 is 31.4 Å². The van der Waals surface area contributed by atoms with Crippen LogP contribution in [0.1, 0.15) is 24.1 Å². The van der Waals surface area contributed by atoms with E-state index < -0.39 is 18.0 Å². The van der Waals surface area contributed by atoms with Gasteiger partial charge in [-0.05, 0) is 47.9 Å². The first-order valence-electron chi connectivity index (χ1n) is 10.6. The zero-order valence-electron chi connectivity index (χ0n) is 18.2. The van der Waals surface area contributed by atoms with Crippen molar-refractivity contribution in [3.05, 3.63) is 89.5 Å². The summed E-state index contributed by atoms with van der Waals surface area (Å²) in [7, 11) is 0. The second kappa shape index (κ2) is 9.80. The number of alkyl halides is 3. The Hall–Kier alpha value is -3.46. The molecule has 0 N–H and O–H groups in total. The molecule has 0 aromatic heterocycles. The number of aliphatic imine (C=N–C) groups is 1. The maximum absolute atomic E-state index is 14.4. The number of hydrogen-bond donors (Lipinski definition) is 0. The minimum absolute atomic E-state index is 0.143. The summed E-state index contributed by atoms with van der Waals surface area (Å²) < 4.78 is 75.3. The third kappa shape index (κ3) is 5.36. The van der Waals surface area contributed by atoms with E-state index in [0.717, 1.165) is 11.1 Å². The molecule has 0 radical (unpaired) electrons. The topological polar surface area (TPSA) is 34.1 Å². The number of ether oxygens (including phenoxy) is 2. The Balaban J connectivity index is 1.56. The average Bonchev–Trinajstić information content (AvgIpc) is 3.21. The van der Waals surface area contributed by atoms with Crippen LogP contribution in [0.15, 0.2) is 71.7 Å². The van der Waals surface area contributed by atoms with E-state index in [-0.39, 0.29) is 29.9 Å². The number of rotatable bonds is 7. The van der Waals surface area contributed by atoms with E-state index in [4.69, 9.17) is 4.74 Å².